The Hall–Kier alpha value is -0.120. The molecule has 0 saturated carbocycles. The van der Waals surface area contributed by atoms with Crippen molar-refractivity contribution in [3.8, 4) is 0 Å². The molecule has 0 spiro atoms. The number of hydrogen-bond acceptors (Lipinski definition) is 3. The summed E-state index contributed by atoms with van der Waals surface area (Å²) in [6, 6.07) is 0. The molecule has 0 fully saturated rings. The number of unbranched alkanes of at least 4 members (excludes halogenated alkanes) is 7. The maximum atomic E-state index is 9.69. The minimum absolute atomic E-state index is 0.0849. The first-order valence-corrected chi connectivity index (χ1v) is 7.69. The normalized spacial score (nSPS) is 14.7. The second-order valence-electron chi connectivity index (χ2n) is 5.26. The van der Waals surface area contributed by atoms with E-state index in [-0.39, 0.29) is 6.61 Å². The van der Waals surface area contributed by atoms with E-state index in [0.29, 0.717) is 19.3 Å². The van der Waals surface area contributed by atoms with Gasteiger partial charge in [-0.2, -0.15) is 0 Å². The molecule has 110 valence electrons. The van der Waals surface area contributed by atoms with Gasteiger partial charge in [-0.3, -0.25) is 0 Å². The third-order valence-electron chi connectivity index (χ3n) is 3.46. The quantitative estimate of drug-likeness (QED) is 0.446. The summed E-state index contributed by atoms with van der Waals surface area (Å²) in [4.78, 5) is 0. The average molecular weight is 260 g/mol. The predicted molar refractivity (Wildman–Crippen MR) is 75.6 cm³/mol. The van der Waals surface area contributed by atoms with Crippen LogP contribution in [0.2, 0.25) is 0 Å². The topological polar surface area (TPSA) is 60.7 Å². The van der Waals surface area contributed by atoms with Gasteiger partial charge in [-0.15, -0.1) is 0 Å². The molecule has 0 aliphatic heterocycles. The van der Waals surface area contributed by atoms with E-state index in [1.165, 1.54) is 38.5 Å². The van der Waals surface area contributed by atoms with Crippen molar-refractivity contribution in [2.45, 2.75) is 89.8 Å². The maximum absolute atomic E-state index is 9.69. The van der Waals surface area contributed by atoms with Crippen LogP contribution in [0, 0.1) is 0 Å². The van der Waals surface area contributed by atoms with Crippen LogP contribution in [-0.2, 0) is 0 Å². The van der Waals surface area contributed by atoms with Gasteiger partial charge in [0.1, 0.15) is 0 Å². The highest BCUT2D eigenvalue weighted by atomic mass is 16.3. The van der Waals surface area contributed by atoms with Crippen LogP contribution in [-0.4, -0.2) is 34.1 Å². The molecule has 0 aliphatic carbocycles. The smallest absolute Gasteiger partial charge is 0.0800 e. The lowest BCUT2D eigenvalue weighted by molar-refractivity contribution is 0.00522. The van der Waals surface area contributed by atoms with Crippen molar-refractivity contribution >= 4 is 0 Å². The zero-order chi connectivity index (χ0) is 13.6. The molecule has 0 unspecified atom stereocenters. The molecule has 3 N–H and O–H groups in total. The molecule has 0 aliphatic rings. The lowest BCUT2D eigenvalue weighted by Crippen LogP contribution is -2.25. The fourth-order valence-corrected chi connectivity index (χ4v) is 2.17. The molecule has 2 atom stereocenters. The lowest BCUT2D eigenvalue weighted by atomic mass is 10.0. The molecule has 3 nitrogen and oxygen atoms in total. The Labute approximate surface area is 112 Å². The molecule has 0 radical (unpaired) electrons. The van der Waals surface area contributed by atoms with Crippen LogP contribution in [0.4, 0.5) is 0 Å². The van der Waals surface area contributed by atoms with Gasteiger partial charge in [0.2, 0.25) is 0 Å². The summed E-state index contributed by atoms with van der Waals surface area (Å²) in [5.41, 5.74) is 0. The Morgan fingerprint density at radius 3 is 1.61 bits per heavy atom. The zero-order valence-electron chi connectivity index (χ0n) is 12.0. The fraction of sp³-hybridized carbons (Fsp3) is 1.00. The Kier molecular flexibility index (Phi) is 13.2. The van der Waals surface area contributed by atoms with Gasteiger partial charge in [0, 0.05) is 6.61 Å². The molecule has 0 aromatic heterocycles. The monoisotopic (exact) mass is 260 g/mol. The van der Waals surface area contributed by atoms with Crippen molar-refractivity contribution in [3.63, 3.8) is 0 Å². The van der Waals surface area contributed by atoms with E-state index in [1.54, 1.807) is 0 Å². The lowest BCUT2D eigenvalue weighted by Gasteiger charge is -2.17. The van der Waals surface area contributed by atoms with Crippen LogP contribution in [0.3, 0.4) is 0 Å². The van der Waals surface area contributed by atoms with E-state index < -0.39 is 12.2 Å². The number of aliphatic hydroxyl groups excluding tert-OH is 3. The van der Waals surface area contributed by atoms with Gasteiger partial charge < -0.3 is 15.3 Å². The zero-order valence-corrected chi connectivity index (χ0v) is 12.0. The Balaban J connectivity index is 3.26. The van der Waals surface area contributed by atoms with Gasteiger partial charge in [-0.25, -0.2) is 0 Å². The number of aliphatic hydroxyl groups is 3. The summed E-state index contributed by atoms with van der Waals surface area (Å²) >= 11 is 0. The third-order valence-corrected chi connectivity index (χ3v) is 3.46. The molecule has 0 bridgehead atoms. The van der Waals surface area contributed by atoms with Crippen LogP contribution in [0.25, 0.3) is 0 Å². The second-order valence-corrected chi connectivity index (χ2v) is 5.26. The van der Waals surface area contributed by atoms with Gasteiger partial charge >= 0.3 is 0 Å². The Morgan fingerprint density at radius 2 is 1.11 bits per heavy atom. The van der Waals surface area contributed by atoms with Gasteiger partial charge in [-0.1, -0.05) is 58.3 Å². The first-order valence-electron chi connectivity index (χ1n) is 7.69. The molecule has 0 saturated heterocycles. The fourth-order valence-electron chi connectivity index (χ4n) is 2.17. The summed E-state index contributed by atoms with van der Waals surface area (Å²) in [6.45, 7) is 2.31. The predicted octanol–water partition coefficient (Wildman–Crippen LogP) is 3.01. The van der Waals surface area contributed by atoms with Gasteiger partial charge in [0.15, 0.2) is 0 Å². The van der Waals surface area contributed by atoms with E-state index >= 15 is 0 Å². The van der Waals surface area contributed by atoms with Gasteiger partial charge in [0.25, 0.3) is 0 Å². The number of hydrogen-bond donors (Lipinski definition) is 3. The molecular formula is C15H32O3. The molecule has 0 heterocycles. The molecule has 0 amide bonds. The first kappa shape index (κ1) is 17.9. The molecule has 0 aromatic rings. The van der Waals surface area contributed by atoms with Gasteiger partial charge in [0.05, 0.1) is 12.2 Å². The van der Waals surface area contributed by atoms with Crippen molar-refractivity contribution in [3.05, 3.63) is 0 Å². The largest absolute Gasteiger partial charge is 0.396 e. The highest BCUT2D eigenvalue weighted by Crippen LogP contribution is 2.13. The highest BCUT2D eigenvalue weighted by molar-refractivity contribution is 4.67. The van der Waals surface area contributed by atoms with Crippen molar-refractivity contribution < 1.29 is 15.3 Å². The average Bonchev–Trinajstić information content (AvgIpc) is 2.38. The van der Waals surface area contributed by atoms with Gasteiger partial charge in [-0.05, 0) is 19.3 Å². The summed E-state index contributed by atoms with van der Waals surface area (Å²) in [7, 11) is 0. The highest BCUT2D eigenvalue weighted by Gasteiger charge is 2.14. The van der Waals surface area contributed by atoms with Crippen molar-refractivity contribution in [2.75, 3.05) is 6.61 Å². The van der Waals surface area contributed by atoms with Crippen molar-refractivity contribution in [1.82, 2.24) is 0 Å². The van der Waals surface area contributed by atoms with Crippen LogP contribution in [0.5, 0.6) is 0 Å². The summed E-state index contributed by atoms with van der Waals surface area (Å²) in [5, 5.41) is 27.9. The molecule has 3 heteroatoms. The summed E-state index contributed by atoms with van der Waals surface area (Å²) in [5.74, 6) is 0. The van der Waals surface area contributed by atoms with Crippen LogP contribution >= 0.6 is 0 Å². The van der Waals surface area contributed by atoms with E-state index in [2.05, 4.69) is 6.92 Å². The summed E-state index contributed by atoms with van der Waals surface area (Å²) < 4.78 is 0. The van der Waals surface area contributed by atoms with Crippen LogP contribution in [0.1, 0.15) is 77.6 Å². The van der Waals surface area contributed by atoms with Crippen molar-refractivity contribution in [2.24, 2.45) is 0 Å². The van der Waals surface area contributed by atoms with Crippen LogP contribution in [0.15, 0.2) is 0 Å². The van der Waals surface area contributed by atoms with Crippen molar-refractivity contribution in [1.29, 1.82) is 0 Å². The molecule has 18 heavy (non-hydrogen) atoms. The number of rotatable bonds is 13. The van der Waals surface area contributed by atoms with E-state index in [0.717, 1.165) is 12.8 Å². The van der Waals surface area contributed by atoms with E-state index in [9.17, 15) is 10.2 Å². The maximum Gasteiger partial charge on any atom is 0.0800 e. The van der Waals surface area contributed by atoms with E-state index in [1.807, 2.05) is 0 Å². The molecule has 0 aromatic carbocycles. The first-order chi connectivity index (χ1) is 8.72. The Morgan fingerprint density at radius 1 is 0.667 bits per heavy atom. The third kappa shape index (κ3) is 11.0. The molecular weight excluding hydrogens is 228 g/mol. The Bertz CT molecular complexity index is 162. The minimum atomic E-state index is -0.665. The minimum Gasteiger partial charge on any atom is -0.396 e. The van der Waals surface area contributed by atoms with E-state index in [4.69, 9.17) is 5.11 Å². The van der Waals surface area contributed by atoms with Crippen LogP contribution < -0.4 is 0 Å². The summed E-state index contributed by atoms with van der Waals surface area (Å²) in [6.07, 6.45) is 10.4. The molecule has 0 rings (SSSR count). The second kappa shape index (κ2) is 13.3. The SMILES string of the molecule is CCCCCCCCCC[C@@H](O)[C@H](O)CCCO. The standard InChI is InChI=1S/C15H32O3/c1-2-3-4-5-6-7-8-9-11-14(17)15(18)12-10-13-16/h14-18H,2-13H2,1H3/t14-,15-/m1/s1.